The Balaban J connectivity index is 1.80. The van der Waals surface area contributed by atoms with Crippen LogP contribution in [0.15, 0.2) is 35.6 Å². The third kappa shape index (κ3) is 4.17. The van der Waals surface area contributed by atoms with E-state index in [2.05, 4.69) is 32.6 Å². The predicted molar refractivity (Wildman–Crippen MR) is 110 cm³/mol. The molecule has 1 aromatic carbocycles. The van der Waals surface area contributed by atoms with Crippen molar-refractivity contribution >= 4 is 23.5 Å². The smallest absolute Gasteiger partial charge is 0.336 e. The standard InChI is InChI=1S/C20H22N6O4/c1-2-3-10-26-20(24-12-25-26)18-13(23-11-15-21-8-9-22-15)4-5-14-19(18)30-17(28)7-6-16(27)29-14/h4-7,12,23H,2-3,8-11H2,1H3,(H,21,22)/b7-6+. The molecule has 0 spiro atoms. The number of benzene rings is 1. The summed E-state index contributed by atoms with van der Waals surface area (Å²) < 4.78 is 12.6. The highest BCUT2D eigenvalue weighted by Crippen LogP contribution is 2.43. The van der Waals surface area contributed by atoms with E-state index in [0.717, 1.165) is 43.9 Å². The molecule has 156 valence electrons. The number of aromatic nitrogens is 3. The number of carbonyl (C=O) groups is 2. The topological polar surface area (TPSA) is 120 Å². The van der Waals surface area contributed by atoms with Crippen molar-refractivity contribution in [2.75, 3.05) is 25.0 Å². The summed E-state index contributed by atoms with van der Waals surface area (Å²) in [5.74, 6) is 0.280. The second kappa shape index (κ2) is 8.76. The molecule has 0 saturated carbocycles. The Morgan fingerprint density at radius 2 is 2.03 bits per heavy atom. The number of nitrogens with zero attached hydrogens (tertiary/aromatic N) is 4. The minimum atomic E-state index is -0.673. The van der Waals surface area contributed by atoms with Crippen LogP contribution < -0.4 is 20.1 Å². The first-order valence-electron chi connectivity index (χ1n) is 9.83. The third-order valence-corrected chi connectivity index (χ3v) is 4.64. The van der Waals surface area contributed by atoms with E-state index in [1.165, 1.54) is 6.33 Å². The summed E-state index contributed by atoms with van der Waals surface area (Å²) >= 11 is 0. The van der Waals surface area contributed by atoms with Crippen LogP contribution in [-0.2, 0) is 16.1 Å². The van der Waals surface area contributed by atoms with Crippen molar-refractivity contribution < 1.29 is 19.1 Å². The van der Waals surface area contributed by atoms with Gasteiger partial charge in [-0.3, -0.25) is 4.99 Å². The molecule has 0 saturated heterocycles. The van der Waals surface area contributed by atoms with Crippen molar-refractivity contribution in [3.63, 3.8) is 0 Å². The van der Waals surface area contributed by atoms with E-state index in [0.29, 0.717) is 30.2 Å². The molecule has 2 N–H and O–H groups in total. The van der Waals surface area contributed by atoms with Crippen LogP contribution in [0.4, 0.5) is 5.69 Å². The van der Waals surface area contributed by atoms with Gasteiger partial charge in [-0.25, -0.2) is 19.3 Å². The lowest BCUT2D eigenvalue weighted by Gasteiger charge is -2.19. The number of rotatable bonds is 7. The SMILES string of the molecule is CCCCn1ncnc1-c1c(NCC2=NCCN2)ccc2c1OC(=O)/C=C/C(=O)O2. The normalized spacial score (nSPS) is 16.5. The van der Waals surface area contributed by atoms with Gasteiger partial charge in [0.05, 0.1) is 18.7 Å². The highest BCUT2D eigenvalue weighted by Gasteiger charge is 2.26. The summed E-state index contributed by atoms with van der Waals surface area (Å²) in [6, 6.07) is 3.34. The molecule has 0 radical (unpaired) electrons. The molecule has 0 atom stereocenters. The third-order valence-electron chi connectivity index (χ3n) is 4.64. The summed E-state index contributed by atoms with van der Waals surface area (Å²) in [5, 5.41) is 10.8. The van der Waals surface area contributed by atoms with Gasteiger partial charge in [-0.2, -0.15) is 5.10 Å². The number of carbonyl (C=O) groups excluding carboxylic acids is 2. The monoisotopic (exact) mass is 410 g/mol. The van der Waals surface area contributed by atoms with E-state index >= 15 is 0 Å². The number of hydrogen-bond donors (Lipinski definition) is 2. The zero-order chi connectivity index (χ0) is 20.9. The second-order valence-corrected chi connectivity index (χ2v) is 6.76. The molecular weight excluding hydrogens is 388 g/mol. The molecule has 0 bridgehead atoms. The Bertz CT molecular complexity index is 1030. The molecule has 10 heteroatoms. The zero-order valence-corrected chi connectivity index (χ0v) is 16.6. The lowest BCUT2D eigenvalue weighted by atomic mass is 10.1. The maximum Gasteiger partial charge on any atom is 0.336 e. The van der Waals surface area contributed by atoms with Crippen LogP contribution in [0, 0.1) is 0 Å². The van der Waals surface area contributed by atoms with Gasteiger partial charge in [0.15, 0.2) is 17.3 Å². The van der Waals surface area contributed by atoms with Gasteiger partial charge >= 0.3 is 11.9 Å². The Kier molecular flexibility index (Phi) is 5.73. The van der Waals surface area contributed by atoms with Crippen molar-refractivity contribution in [2.45, 2.75) is 26.3 Å². The highest BCUT2D eigenvalue weighted by molar-refractivity contribution is 5.98. The van der Waals surface area contributed by atoms with Crippen LogP contribution in [0.5, 0.6) is 11.5 Å². The molecule has 0 amide bonds. The summed E-state index contributed by atoms with van der Waals surface area (Å²) in [6.45, 7) is 4.74. The quantitative estimate of drug-likeness (QED) is 0.521. The van der Waals surface area contributed by atoms with Crippen LogP contribution in [0.2, 0.25) is 0 Å². The van der Waals surface area contributed by atoms with Gasteiger partial charge in [0.25, 0.3) is 0 Å². The van der Waals surface area contributed by atoms with Crippen molar-refractivity contribution in [3.05, 3.63) is 30.6 Å². The second-order valence-electron chi connectivity index (χ2n) is 6.76. The average Bonchev–Trinajstić information content (AvgIpc) is 3.41. The number of anilines is 1. The van der Waals surface area contributed by atoms with Crippen molar-refractivity contribution in [3.8, 4) is 22.9 Å². The Morgan fingerprint density at radius 3 is 2.80 bits per heavy atom. The van der Waals surface area contributed by atoms with E-state index in [9.17, 15) is 9.59 Å². The molecule has 2 aliphatic rings. The Morgan fingerprint density at radius 1 is 1.20 bits per heavy atom. The van der Waals surface area contributed by atoms with E-state index in [4.69, 9.17) is 9.47 Å². The van der Waals surface area contributed by atoms with Crippen LogP contribution in [-0.4, -0.2) is 52.2 Å². The van der Waals surface area contributed by atoms with Gasteiger partial charge in [-0.05, 0) is 18.6 Å². The molecule has 10 nitrogen and oxygen atoms in total. The zero-order valence-electron chi connectivity index (χ0n) is 16.6. The molecule has 0 unspecified atom stereocenters. The number of ether oxygens (including phenoxy) is 2. The molecule has 3 heterocycles. The fourth-order valence-electron chi connectivity index (χ4n) is 3.20. The number of fused-ring (bicyclic) bond motifs is 1. The summed E-state index contributed by atoms with van der Waals surface area (Å²) in [5.41, 5.74) is 1.15. The van der Waals surface area contributed by atoms with Gasteiger partial charge in [-0.15, -0.1) is 0 Å². The average molecular weight is 410 g/mol. The lowest BCUT2D eigenvalue weighted by Crippen LogP contribution is -2.26. The Labute approximate surface area is 173 Å². The first-order chi connectivity index (χ1) is 14.7. The van der Waals surface area contributed by atoms with Gasteiger partial charge in [0, 0.05) is 30.9 Å². The number of aryl methyl sites for hydroxylation is 1. The molecule has 1 aromatic heterocycles. The van der Waals surface area contributed by atoms with Gasteiger partial charge < -0.3 is 20.1 Å². The lowest BCUT2D eigenvalue weighted by molar-refractivity contribution is -0.133. The van der Waals surface area contributed by atoms with E-state index in [-0.39, 0.29) is 11.5 Å². The first-order valence-corrected chi connectivity index (χ1v) is 9.83. The number of aliphatic imine (C=N–C) groups is 1. The fourth-order valence-corrected chi connectivity index (χ4v) is 3.20. The minimum Gasteiger partial charge on any atom is -0.419 e. The molecule has 30 heavy (non-hydrogen) atoms. The van der Waals surface area contributed by atoms with E-state index < -0.39 is 11.9 Å². The van der Waals surface area contributed by atoms with Gasteiger partial charge in [0.2, 0.25) is 0 Å². The van der Waals surface area contributed by atoms with Crippen LogP contribution >= 0.6 is 0 Å². The number of unbranched alkanes of at least 4 members (excludes halogenated alkanes) is 1. The summed E-state index contributed by atoms with van der Waals surface area (Å²) in [6.07, 6.45) is 5.42. The molecule has 2 aromatic rings. The number of hydrogen-bond acceptors (Lipinski definition) is 9. The van der Waals surface area contributed by atoms with Crippen molar-refractivity contribution in [2.24, 2.45) is 4.99 Å². The fraction of sp³-hybridized carbons (Fsp3) is 0.350. The molecule has 0 fully saturated rings. The molecular formula is C20H22N6O4. The minimum absolute atomic E-state index is 0.120. The summed E-state index contributed by atoms with van der Waals surface area (Å²) in [4.78, 5) is 32.9. The maximum absolute atomic E-state index is 12.2. The molecule has 2 aliphatic heterocycles. The van der Waals surface area contributed by atoms with Crippen molar-refractivity contribution in [1.29, 1.82) is 0 Å². The maximum atomic E-state index is 12.2. The van der Waals surface area contributed by atoms with Crippen LogP contribution in [0.3, 0.4) is 0 Å². The Hall–Kier alpha value is -3.69. The van der Waals surface area contributed by atoms with Crippen molar-refractivity contribution in [1.82, 2.24) is 20.1 Å². The molecule has 4 rings (SSSR count). The van der Waals surface area contributed by atoms with Crippen LogP contribution in [0.1, 0.15) is 19.8 Å². The molecule has 0 aliphatic carbocycles. The largest absolute Gasteiger partial charge is 0.419 e. The predicted octanol–water partition coefficient (Wildman–Crippen LogP) is 1.54. The summed E-state index contributed by atoms with van der Waals surface area (Å²) in [7, 11) is 0. The number of amidine groups is 1. The van der Waals surface area contributed by atoms with Gasteiger partial charge in [0.1, 0.15) is 12.2 Å². The first kappa shape index (κ1) is 19.6. The van der Waals surface area contributed by atoms with E-state index in [1.54, 1.807) is 16.8 Å². The van der Waals surface area contributed by atoms with E-state index in [1.807, 2.05) is 0 Å². The number of esters is 2. The van der Waals surface area contributed by atoms with Crippen LogP contribution in [0.25, 0.3) is 11.4 Å². The van der Waals surface area contributed by atoms with Gasteiger partial charge in [-0.1, -0.05) is 13.3 Å². The highest BCUT2D eigenvalue weighted by atomic mass is 16.6. The number of nitrogens with one attached hydrogen (secondary N) is 2.